The molecule has 19 heavy (non-hydrogen) atoms. The fraction of sp³-hybridized carbons (Fsp3) is 0.688. The Hall–Kier alpha value is -0.930. The average molecular weight is 262 g/mol. The number of nitrogens with zero attached hydrogens (tertiary/aromatic N) is 2. The molecule has 0 amide bonds. The van der Waals surface area contributed by atoms with Crippen LogP contribution >= 0.6 is 0 Å². The average Bonchev–Trinajstić information content (AvgIpc) is 2.76. The minimum atomic E-state index is 0.133. The molecule has 1 aromatic heterocycles. The molecular formula is C16H26N2O. The van der Waals surface area contributed by atoms with Crippen LogP contribution in [0.3, 0.4) is 0 Å². The molecule has 0 spiro atoms. The van der Waals surface area contributed by atoms with Crippen molar-refractivity contribution in [2.24, 2.45) is 0 Å². The lowest BCUT2D eigenvalue weighted by atomic mass is 9.80. The Morgan fingerprint density at radius 1 is 1.37 bits per heavy atom. The van der Waals surface area contributed by atoms with Crippen LogP contribution in [0.1, 0.15) is 50.1 Å². The minimum absolute atomic E-state index is 0.133. The first-order chi connectivity index (χ1) is 8.92. The number of ether oxygens (including phenoxy) is 1. The predicted octanol–water partition coefficient (Wildman–Crippen LogP) is 2.94. The summed E-state index contributed by atoms with van der Waals surface area (Å²) in [5.41, 5.74) is 3.89. The van der Waals surface area contributed by atoms with Crippen LogP contribution in [0.15, 0.2) is 12.1 Å². The molecule has 1 aliphatic rings. The van der Waals surface area contributed by atoms with Gasteiger partial charge in [0, 0.05) is 24.3 Å². The van der Waals surface area contributed by atoms with E-state index in [4.69, 9.17) is 9.72 Å². The van der Waals surface area contributed by atoms with Gasteiger partial charge in [-0.25, -0.2) is 0 Å². The maximum Gasteiger partial charge on any atom is 0.0585 e. The van der Waals surface area contributed by atoms with E-state index < -0.39 is 0 Å². The van der Waals surface area contributed by atoms with Gasteiger partial charge in [-0.1, -0.05) is 26.8 Å². The predicted molar refractivity (Wildman–Crippen MR) is 78.5 cm³/mol. The summed E-state index contributed by atoms with van der Waals surface area (Å²) in [6.07, 6.45) is 1.09. The van der Waals surface area contributed by atoms with E-state index in [2.05, 4.69) is 51.9 Å². The summed E-state index contributed by atoms with van der Waals surface area (Å²) < 4.78 is 5.61. The molecule has 2 rings (SSSR count). The van der Waals surface area contributed by atoms with Gasteiger partial charge >= 0.3 is 0 Å². The molecule has 1 saturated heterocycles. The molecule has 1 aromatic rings. The lowest BCUT2D eigenvalue weighted by Gasteiger charge is -2.26. The zero-order chi connectivity index (χ0) is 14.0. The molecule has 1 atom stereocenters. The Morgan fingerprint density at radius 3 is 2.63 bits per heavy atom. The first-order valence-electron chi connectivity index (χ1n) is 7.15. The third kappa shape index (κ3) is 3.15. The zero-order valence-electron chi connectivity index (χ0n) is 12.9. The Kier molecular flexibility index (Phi) is 4.26. The lowest BCUT2D eigenvalue weighted by molar-refractivity contribution is 0.180. The van der Waals surface area contributed by atoms with Crippen LogP contribution in [0.2, 0.25) is 0 Å². The SMILES string of the molecule is CC(C)c1ccc(C2(C)CCOC2)c(CN(C)C)n1. The monoisotopic (exact) mass is 262 g/mol. The minimum Gasteiger partial charge on any atom is -0.380 e. The summed E-state index contributed by atoms with van der Waals surface area (Å²) in [4.78, 5) is 7.09. The van der Waals surface area contributed by atoms with Gasteiger partial charge in [0.25, 0.3) is 0 Å². The van der Waals surface area contributed by atoms with Gasteiger partial charge in [0.1, 0.15) is 0 Å². The molecule has 1 unspecified atom stereocenters. The smallest absolute Gasteiger partial charge is 0.0585 e. The summed E-state index contributed by atoms with van der Waals surface area (Å²) >= 11 is 0. The Morgan fingerprint density at radius 2 is 2.11 bits per heavy atom. The highest BCUT2D eigenvalue weighted by molar-refractivity contribution is 5.32. The quantitative estimate of drug-likeness (QED) is 0.834. The molecule has 0 aromatic carbocycles. The summed E-state index contributed by atoms with van der Waals surface area (Å²) in [6.45, 7) is 9.26. The van der Waals surface area contributed by atoms with E-state index in [0.717, 1.165) is 26.2 Å². The van der Waals surface area contributed by atoms with E-state index in [9.17, 15) is 0 Å². The second-order valence-corrected chi connectivity index (χ2v) is 6.49. The molecule has 3 heteroatoms. The maximum atomic E-state index is 5.61. The fourth-order valence-electron chi connectivity index (χ4n) is 2.69. The highest BCUT2D eigenvalue weighted by Gasteiger charge is 2.34. The summed E-state index contributed by atoms with van der Waals surface area (Å²) in [5, 5.41) is 0. The van der Waals surface area contributed by atoms with Crippen molar-refractivity contribution in [2.75, 3.05) is 27.3 Å². The largest absolute Gasteiger partial charge is 0.380 e. The van der Waals surface area contributed by atoms with Crippen molar-refractivity contribution in [3.8, 4) is 0 Å². The van der Waals surface area contributed by atoms with Gasteiger partial charge in [0.05, 0.1) is 12.3 Å². The van der Waals surface area contributed by atoms with Gasteiger partial charge in [-0.15, -0.1) is 0 Å². The molecule has 0 radical (unpaired) electrons. The van der Waals surface area contributed by atoms with Gasteiger partial charge in [-0.2, -0.15) is 0 Å². The first kappa shape index (κ1) is 14.5. The van der Waals surface area contributed by atoms with Gasteiger partial charge in [-0.3, -0.25) is 4.98 Å². The highest BCUT2D eigenvalue weighted by atomic mass is 16.5. The molecule has 3 nitrogen and oxygen atoms in total. The molecule has 106 valence electrons. The second kappa shape index (κ2) is 5.59. The van der Waals surface area contributed by atoms with Gasteiger partial charge in [0.15, 0.2) is 0 Å². The highest BCUT2D eigenvalue weighted by Crippen LogP contribution is 2.35. The van der Waals surface area contributed by atoms with E-state index in [1.165, 1.54) is 17.0 Å². The van der Waals surface area contributed by atoms with Crippen molar-refractivity contribution in [1.82, 2.24) is 9.88 Å². The number of hydrogen-bond donors (Lipinski definition) is 0. The third-order valence-corrected chi connectivity index (χ3v) is 3.92. The summed E-state index contributed by atoms with van der Waals surface area (Å²) in [5.74, 6) is 0.475. The molecule has 2 heterocycles. The van der Waals surface area contributed by atoms with Crippen molar-refractivity contribution in [1.29, 1.82) is 0 Å². The number of aromatic nitrogens is 1. The van der Waals surface area contributed by atoms with Gasteiger partial charge in [-0.05, 0) is 38.1 Å². The molecule has 0 bridgehead atoms. The van der Waals surface area contributed by atoms with Gasteiger partial charge < -0.3 is 9.64 Å². The van der Waals surface area contributed by atoms with E-state index in [0.29, 0.717) is 5.92 Å². The van der Waals surface area contributed by atoms with Crippen molar-refractivity contribution in [2.45, 2.75) is 45.1 Å². The van der Waals surface area contributed by atoms with Crippen LogP contribution in [0.4, 0.5) is 0 Å². The normalized spacial score (nSPS) is 23.5. The third-order valence-electron chi connectivity index (χ3n) is 3.92. The molecule has 0 N–H and O–H groups in total. The van der Waals surface area contributed by atoms with Crippen LogP contribution in [0, 0.1) is 0 Å². The van der Waals surface area contributed by atoms with Crippen molar-refractivity contribution < 1.29 is 4.74 Å². The van der Waals surface area contributed by atoms with Crippen LogP contribution in [-0.4, -0.2) is 37.2 Å². The summed E-state index contributed by atoms with van der Waals surface area (Å²) in [7, 11) is 4.20. The second-order valence-electron chi connectivity index (χ2n) is 6.49. The molecule has 0 saturated carbocycles. The Labute approximate surface area is 117 Å². The van der Waals surface area contributed by atoms with Crippen molar-refractivity contribution in [3.63, 3.8) is 0 Å². The number of hydrogen-bond acceptors (Lipinski definition) is 3. The van der Waals surface area contributed by atoms with Crippen molar-refractivity contribution in [3.05, 3.63) is 29.1 Å². The van der Waals surface area contributed by atoms with Crippen LogP contribution in [0.5, 0.6) is 0 Å². The first-order valence-corrected chi connectivity index (χ1v) is 7.15. The van der Waals surface area contributed by atoms with E-state index >= 15 is 0 Å². The molecule has 1 aliphatic heterocycles. The molecule has 0 aliphatic carbocycles. The number of pyridine rings is 1. The summed E-state index contributed by atoms with van der Waals surface area (Å²) in [6, 6.07) is 4.46. The van der Waals surface area contributed by atoms with Gasteiger partial charge in [0.2, 0.25) is 0 Å². The Balaban J connectivity index is 2.41. The van der Waals surface area contributed by atoms with E-state index in [1.807, 2.05) is 0 Å². The fourth-order valence-corrected chi connectivity index (χ4v) is 2.69. The van der Waals surface area contributed by atoms with Crippen LogP contribution in [-0.2, 0) is 16.7 Å². The Bertz CT molecular complexity index is 434. The van der Waals surface area contributed by atoms with E-state index in [-0.39, 0.29) is 5.41 Å². The standard InChI is InChI=1S/C16H26N2O/c1-12(2)14-7-6-13(15(17-14)10-18(4)5)16(3)8-9-19-11-16/h6-7,12H,8-11H2,1-5H3. The lowest BCUT2D eigenvalue weighted by Crippen LogP contribution is -2.26. The van der Waals surface area contributed by atoms with E-state index in [1.54, 1.807) is 0 Å². The topological polar surface area (TPSA) is 25.4 Å². The molecule has 1 fully saturated rings. The zero-order valence-corrected chi connectivity index (χ0v) is 12.9. The number of rotatable bonds is 4. The van der Waals surface area contributed by atoms with Crippen LogP contribution < -0.4 is 0 Å². The maximum absolute atomic E-state index is 5.61. The molecular weight excluding hydrogens is 236 g/mol. The van der Waals surface area contributed by atoms with Crippen LogP contribution in [0.25, 0.3) is 0 Å². The van der Waals surface area contributed by atoms with Crippen molar-refractivity contribution >= 4 is 0 Å².